The Labute approximate surface area is 118 Å². The molecule has 2 N–H and O–H groups in total. The Hall–Kier alpha value is -2.01. The number of methoxy groups -OCH3 is 1. The standard InChI is InChI=1S/C15H20N2O3/c1-15(2,3)13-12(9-18)14(20-4)17(16-13)10-6-5-7-11(19)8-10/h5-8,18-19H,9H2,1-4H3. The quantitative estimate of drug-likeness (QED) is 0.903. The summed E-state index contributed by atoms with van der Waals surface area (Å²) in [6.45, 7) is 5.94. The number of phenols is 1. The van der Waals surface area contributed by atoms with Gasteiger partial charge in [0.2, 0.25) is 5.88 Å². The van der Waals surface area contributed by atoms with E-state index >= 15 is 0 Å². The molecule has 0 spiro atoms. The van der Waals surface area contributed by atoms with Crippen molar-refractivity contribution in [2.75, 3.05) is 7.11 Å². The number of rotatable bonds is 3. The molecule has 2 aromatic rings. The van der Waals surface area contributed by atoms with Crippen LogP contribution in [-0.2, 0) is 12.0 Å². The predicted octanol–water partition coefficient (Wildman–Crippen LogP) is 2.38. The summed E-state index contributed by atoms with van der Waals surface area (Å²) in [6.07, 6.45) is 0. The first-order chi connectivity index (χ1) is 9.38. The number of benzene rings is 1. The van der Waals surface area contributed by atoms with Crippen LogP contribution >= 0.6 is 0 Å². The minimum absolute atomic E-state index is 0.144. The van der Waals surface area contributed by atoms with Gasteiger partial charge in [-0.15, -0.1) is 0 Å². The second-order valence-electron chi connectivity index (χ2n) is 5.68. The normalized spacial score (nSPS) is 11.7. The molecule has 0 aliphatic rings. The molecule has 1 heterocycles. The summed E-state index contributed by atoms with van der Waals surface area (Å²) < 4.78 is 7.00. The number of aliphatic hydroxyl groups is 1. The third kappa shape index (κ3) is 2.49. The minimum atomic E-state index is -0.215. The molecule has 1 aromatic carbocycles. The lowest BCUT2D eigenvalue weighted by molar-refractivity contribution is 0.269. The van der Waals surface area contributed by atoms with Crippen LogP contribution < -0.4 is 4.74 Å². The van der Waals surface area contributed by atoms with Crippen molar-refractivity contribution in [2.45, 2.75) is 32.8 Å². The summed E-state index contributed by atoms with van der Waals surface area (Å²) in [5, 5.41) is 23.8. The van der Waals surface area contributed by atoms with Gasteiger partial charge in [-0.1, -0.05) is 26.8 Å². The Bertz CT molecular complexity index is 612. The van der Waals surface area contributed by atoms with E-state index in [4.69, 9.17) is 4.74 Å². The maximum absolute atomic E-state index is 9.63. The molecule has 5 heteroatoms. The summed E-state index contributed by atoms with van der Waals surface area (Å²) in [4.78, 5) is 0. The van der Waals surface area contributed by atoms with Crippen molar-refractivity contribution >= 4 is 0 Å². The van der Waals surface area contributed by atoms with Crippen LogP contribution in [0.15, 0.2) is 24.3 Å². The molecule has 0 bridgehead atoms. The summed E-state index contributed by atoms with van der Waals surface area (Å²) in [7, 11) is 1.54. The molecule has 0 saturated carbocycles. The van der Waals surface area contributed by atoms with Gasteiger partial charge < -0.3 is 14.9 Å². The lowest BCUT2D eigenvalue weighted by Crippen LogP contribution is -2.15. The first-order valence-electron chi connectivity index (χ1n) is 6.45. The second kappa shape index (κ2) is 5.17. The fourth-order valence-electron chi connectivity index (χ4n) is 2.19. The SMILES string of the molecule is COc1c(CO)c(C(C)(C)C)nn1-c1cccc(O)c1. The number of aromatic hydroxyl groups is 1. The molecule has 0 atom stereocenters. The zero-order valence-corrected chi connectivity index (χ0v) is 12.2. The topological polar surface area (TPSA) is 67.5 Å². The maximum atomic E-state index is 9.63. The van der Waals surface area contributed by atoms with Gasteiger partial charge in [-0.3, -0.25) is 0 Å². The number of ether oxygens (including phenoxy) is 1. The molecular weight excluding hydrogens is 256 g/mol. The van der Waals surface area contributed by atoms with Crippen molar-refractivity contribution < 1.29 is 14.9 Å². The van der Waals surface area contributed by atoms with Crippen molar-refractivity contribution in [2.24, 2.45) is 0 Å². The number of hydrogen-bond acceptors (Lipinski definition) is 4. The zero-order valence-electron chi connectivity index (χ0n) is 12.2. The Morgan fingerprint density at radius 2 is 2.00 bits per heavy atom. The van der Waals surface area contributed by atoms with E-state index in [1.165, 1.54) is 0 Å². The highest BCUT2D eigenvalue weighted by Gasteiger charge is 2.27. The van der Waals surface area contributed by atoms with E-state index in [2.05, 4.69) is 5.10 Å². The van der Waals surface area contributed by atoms with Gasteiger partial charge in [-0.05, 0) is 12.1 Å². The second-order valence-corrected chi connectivity index (χ2v) is 5.68. The largest absolute Gasteiger partial charge is 0.508 e. The summed E-state index contributed by atoms with van der Waals surface area (Å²) in [6, 6.07) is 6.75. The van der Waals surface area contributed by atoms with Gasteiger partial charge in [-0.25, -0.2) is 4.68 Å². The van der Waals surface area contributed by atoms with Crippen LogP contribution in [0.2, 0.25) is 0 Å². The Kier molecular flexibility index (Phi) is 3.72. The summed E-state index contributed by atoms with van der Waals surface area (Å²) in [5.74, 6) is 0.644. The van der Waals surface area contributed by atoms with E-state index in [1.54, 1.807) is 30.0 Å². The van der Waals surface area contributed by atoms with E-state index in [9.17, 15) is 10.2 Å². The van der Waals surface area contributed by atoms with Crippen molar-refractivity contribution in [3.05, 3.63) is 35.5 Å². The average molecular weight is 276 g/mol. The minimum Gasteiger partial charge on any atom is -0.508 e. The molecule has 0 radical (unpaired) electrons. The molecule has 20 heavy (non-hydrogen) atoms. The zero-order chi connectivity index (χ0) is 14.9. The molecule has 1 aromatic heterocycles. The van der Waals surface area contributed by atoms with Crippen LogP contribution in [0.4, 0.5) is 0 Å². The highest BCUT2D eigenvalue weighted by atomic mass is 16.5. The fourth-order valence-corrected chi connectivity index (χ4v) is 2.19. The molecule has 0 amide bonds. The number of hydrogen-bond donors (Lipinski definition) is 2. The Balaban J connectivity index is 2.68. The van der Waals surface area contributed by atoms with Gasteiger partial charge in [0.1, 0.15) is 5.75 Å². The van der Waals surface area contributed by atoms with Gasteiger partial charge in [0.05, 0.1) is 30.7 Å². The fraction of sp³-hybridized carbons (Fsp3) is 0.400. The van der Waals surface area contributed by atoms with Crippen LogP contribution in [0.25, 0.3) is 5.69 Å². The van der Waals surface area contributed by atoms with Gasteiger partial charge in [0.15, 0.2) is 0 Å². The van der Waals surface area contributed by atoms with E-state index < -0.39 is 0 Å². The van der Waals surface area contributed by atoms with Crippen LogP contribution in [0.1, 0.15) is 32.0 Å². The van der Waals surface area contributed by atoms with E-state index in [0.717, 1.165) is 5.69 Å². The van der Waals surface area contributed by atoms with E-state index in [-0.39, 0.29) is 17.8 Å². The monoisotopic (exact) mass is 276 g/mol. The van der Waals surface area contributed by atoms with Gasteiger partial charge >= 0.3 is 0 Å². The van der Waals surface area contributed by atoms with Crippen molar-refractivity contribution in [1.82, 2.24) is 9.78 Å². The van der Waals surface area contributed by atoms with Crippen LogP contribution in [0.3, 0.4) is 0 Å². The molecule has 0 aliphatic carbocycles. The molecular formula is C15H20N2O3. The molecule has 5 nitrogen and oxygen atoms in total. The maximum Gasteiger partial charge on any atom is 0.222 e. The molecule has 0 saturated heterocycles. The van der Waals surface area contributed by atoms with Crippen LogP contribution in [0.5, 0.6) is 11.6 Å². The summed E-state index contributed by atoms with van der Waals surface area (Å²) in [5.41, 5.74) is 1.92. The first-order valence-corrected chi connectivity index (χ1v) is 6.45. The van der Waals surface area contributed by atoms with Crippen LogP contribution in [0, 0.1) is 0 Å². The molecule has 0 unspecified atom stereocenters. The third-order valence-electron chi connectivity index (χ3n) is 3.07. The van der Waals surface area contributed by atoms with Crippen molar-refractivity contribution in [3.8, 4) is 17.3 Å². The summed E-state index contributed by atoms with van der Waals surface area (Å²) >= 11 is 0. The lowest BCUT2D eigenvalue weighted by atomic mass is 9.89. The van der Waals surface area contributed by atoms with Crippen molar-refractivity contribution in [3.63, 3.8) is 0 Å². The first kappa shape index (κ1) is 14.4. The van der Waals surface area contributed by atoms with Gasteiger partial charge in [-0.2, -0.15) is 5.10 Å². The van der Waals surface area contributed by atoms with E-state index in [0.29, 0.717) is 17.1 Å². The van der Waals surface area contributed by atoms with Gasteiger partial charge in [0.25, 0.3) is 0 Å². The third-order valence-corrected chi connectivity index (χ3v) is 3.07. The highest BCUT2D eigenvalue weighted by Crippen LogP contribution is 2.33. The Morgan fingerprint density at radius 1 is 1.30 bits per heavy atom. The molecule has 108 valence electrons. The number of aliphatic hydroxyl groups excluding tert-OH is 1. The average Bonchev–Trinajstić information content (AvgIpc) is 2.76. The molecule has 0 fully saturated rings. The smallest absolute Gasteiger partial charge is 0.222 e. The number of aromatic nitrogens is 2. The number of phenolic OH excluding ortho intramolecular Hbond substituents is 1. The number of nitrogens with zero attached hydrogens (tertiary/aromatic N) is 2. The lowest BCUT2D eigenvalue weighted by Gasteiger charge is -2.16. The van der Waals surface area contributed by atoms with Gasteiger partial charge in [0, 0.05) is 11.5 Å². The predicted molar refractivity (Wildman–Crippen MR) is 76.4 cm³/mol. The Morgan fingerprint density at radius 3 is 2.50 bits per heavy atom. The molecule has 0 aliphatic heterocycles. The van der Waals surface area contributed by atoms with E-state index in [1.807, 2.05) is 26.8 Å². The van der Waals surface area contributed by atoms with Crippen molar-refractivity contribution in [1.29, 1.82) is 0 Å². The van der Waals surface area contributed by atoms with Crippen LogP contribution in [-0.4, -0.2) is 27.1 Å². The molecule has 2 rings (SSSR count). The highest BCUT2D eigenvalue weighted by molar-refractivity contribution is 5.45.